The molecule has 3 rings (SSSR count). The predicted octanol–water partition coefficient (Wildman–Crippen LogP) is 2.90. The molecule has 0 saturated heterocycles. The van der Waals surface area contributed by atoms with Crippen molar-refractivity contribution < 1.29 is 4.84 Å². The number of benzene rings is 1. The summed E-state index contributed by atoms with van der Waals surface area (Å²) in [7, 11) is 0. The Kier molecular flexibility index (Phi) is 3.20. The van der Waals surface area contributed by atoms with Crippen molar-refractivity contribution in [2.75, 3.05) is 0 Å². The van der Waals surface area contributed by atoms with Crippen LogP contribution in [0.25, 0.3) is 5.69 Å². The molecule has 0 amide bonds. The van der Waals surface area contributed by atoms with Crippen molar-refractivity contribution in [2.45, 2.75) is 25.4 Å². The topological polar surface area (TPSA) is 53.1 Å². The molecule has 1 aromatic heterocycles. The highest BCUT2D eigenvalue weighted by atomic mass is 79.9. The maximum Gasteiger partial charge on any atom is 0.0930 e. The zero-order chi connectivity index (χ0) is 12.5. The van der Waals surface area contributed by atoms with Crippen LogP contribution in [0.4, 0.5) is 0 Å². The van der Waals surface area contributed by atoms with Gasteiger partial charge >= 0.3 is 0 Å². The highest BCUT2D eigenvalue weighted by Crippen LogP contribution is 2.43. The second kappa shape index (κ2) is 4.84. The van der Waals surface area contributed by atoms with Gasteiger partial charge in [-0.2, -0.15) is 5.10 Å². The van der Waals surface area contributed by atoms with E-state index in [1.165, 1.54) is 18.5 Å². The maximum absolute atomic E-state index is 5.06. The van der Waals surface area contributed by atoms with Crippen LogP contribution in [0, 0.1) is 0 Å². The Labute approximate surface area is 114 Å². The van der Waals surface area contributed by atoms with Crippen LogP contribution in [-0.2, 0) is 11.4 Å². The molecule has 1 heterocycles. The lowest BCUT2D eigenvalue weighted by Crippen LogP contribution is -2.02. The van der Waals surface area contributed by atoms with E-state index in [9.17, 15) is 0 Å². The van der Waals surface area contributed by atoms with E-state index in [1.807, 2.05) is 35.1 Å². The summed E-state index contributed by atoms with van der Waals surface area (Å²) in [6, 6.07) is 8.10. The first-order valence-electron chi connectivity index (χ1n) is 5.94. The Morgan fingerprint density at radius 3 is 2.67 bits per heavy atom. The average Bonchev–Trinajstić information content (AvgIpc) is 3.14. The Balaban J connectivity index is 1.94. The molecule has 2 aromatic rings. The van der Waals surface area contributed by atoms with Crippen LogP contribution in [0.5, 0.6) is 0 Å². The normalized spacial score (nSPS) is 15.0. The fraction of sp³-hybridized carbons (Fsp3) is 0.308. The quantitative estimate of drug-likeness (QED) is 0.884. The van der Waals surface area contributed by atoms with Crippen molar-refractivity contribution in [1.82, 2.24) is 9.78 Å². The molecule has 0 radical (unpaired) electrons. The van der Waals surface area contributed by atoms with E-state index in [0.29, 0.717) is 12.5 Å². The predicted molar refractivity (Wildman–Crippen MR) is 72.2 cm³/mol. The summed E-state index contributed by atoms with van der Waals surface area (Å²) in [6.45, 7) is 0.429. The molecule has 1 fully saturated rings. The van der Waals surface area contributed by atoms with Gasteiger partial charge < -0.3 is 0 Å². The van der Waals surface area contributed by atoms with Crippen molar-refractivity contribution in [1.29, 1.82) is 0 Å². The van der Waals surface area contributed by atoms with Gasteiger partial charge in [0.25, 0.3) is 0 Å². The number of hydrogen-bond donors (Lipinski definition) is 1. The molecule has 4 nitrogen and oxygen atoms in total. The molecule has 0 unspecified atom stereocenters. The lowest BCUT2D eigenvalue weighted by atomic mass is 10.2. The molecule has 0 atom stereocenters. The number of rotatable bonds is 4. The zero-order valence-electron chi connectivity index (χ0n) is 9.84. The molecule has 1 aromatic carbocycles. The van der Waals surface area contributed by atoms with Gasteiger partial charge in [-0.3, -0.25) is 4.84 Å². The summed E-state index contributed by atoms with van der Waals surface area (Å²) in [4.78, 5) is 4.62. The summed E-state index contributed by atoms with van der Waals surface area (Å²) in [5.74, 6) is 5.71. The van der Waals surface area contributed by atoms with Gasteiger partial charge in [0.1, 0.15) is 0 Å². The van der Waals surface area contributed by atoms with Crippen LogP contribution in [0.2, 0.25) is 0 Å². The Morgan fingerprint density at radius 2 is 2.06 bits per heavy atom. The third-order valence-electron chi connectivity index (χ3n) is 3.15. The van der Waals surface area contributed by atoms with Crippen LogP contribution in [-0.4, -0.2) is 9.78 Å². The van der Waals surface area contributed by atoms with Crippen molar-refractivity contribution in [3.05, 3.63) is 46.2 Å². The van der Waals surface area contributed by atoms with E-state index in [2.05, 4.69) is 25.9 Å². The maximum atomic E-state index is 5.06. The van der Waals surface area contributed by atoms with Crippen molar-refractivity contribution in [2.24, 2.45) is 5.90 Å². The molecule has 1 aliphatic rings. The van der Waals surface area contributed by atoms with E-state index in [-0.39, 0.29) is 0 Å². The fourth-order valence-corrected chi connectivity index (χ4v) is 2.68. The van der Waals surface area contributed by atoms with Gasteiger partial charge in [-0.1, -0.05) is 12.1 Å². The fourth-order valence-electron chi connectivity index (χ4n) is 2.10. The molecule has 0 bridgehead atoms. The summed E-state index contributed by atoms with van der Waals surface area (Å²) in [6.07, 6.45) is 4.37. The minimum Gasteiger partial charge on any atom is -0.300 e. The van der Waals surface area contributed by atoms with Crippen LogP contribution in [0.3, 0.4) is 0 Å². The minimum atomic E-state index is 0.429. The largest absolute Gasteiger partial charge is 0.300 e. The number of aromatic nitrogens is 2. The summed E-state index contributed by atoms with van der Waals surface area (Å²) in [5.41, 5.74) is 3.40. The number of nitrogens with two attached hydrogens (primary N) is 1. The van der Waals surface area contributed by atoms with E-state index in [4.69, 9.17) is 5.90 Å². The van der Waals surface area contributed by atoms with E-state index in [1.54, 1.807) is 0 Å². The highest BCUT2D eigenvalue weighted by Gasteiger charge is 2.30. The van der Waals surface area contributed by atoms with E-state index < -0.39 is 0 Å². The first-order valence-corrected chi connectivity index (χ1v) is 6.73. The molecular weight excluding hydrogens is 294 g/mol. The second-order valence-corrected chi connectivity index (χ2v) is 5.40. The zero-order valence-corrected chi connectivity index (χ0v) is 11.4. The number of halogens is 1. The van der Waals surface area contributed by atoms with Gasteiger partial charge in [0.05, 0.1) is 28.7 Å². The van der Waals surface area contributed by atoms with Gasteiger partial charge in [-0.25, -0.2) is 10.6 Å². The molecule has 1 saturated carbocycles. The summed E-state index contributed by atoms with van der Waals surface area (Å²) < 4.78 is 3.11. The SMILES string of the molecule is NOCc1ccc(-n2ncc(Br)c2C2CC2)cc1. The molecular formula is C13H14BrN3O. The minimum absolute atomic E-state index is 0.429. The van der Waals surface area contributed by atoms with Crippen molar-refractivity contribution in [3.63, 3.8) is 0 Å². The molecule has 94 valence electrons. The number of hydrogen-bond acceptors (Lipinski definition) is 3. The number of nitrogens with zero attached hydrogens (tertiary/aromatic N) is 2. The Morgan fingerprint density at radius 1 is 1.33 bits per heavy atom. The Hall–Kier alpha value is -1.17. The van der Waals surface area contributed by atoms with Crippen molar-refractivity contribution in [3.8, 4) is 5.69 Å². The molecule has 0 spiro atoms. The first kappa shape index (κ1) is 11.9. The standard InChI is InChI=1S/C13H14BrN3O/c14-12-7-16-17(13(12)10-3-4-10)11-5-1-9(2-6-11)8-18-15/h1-2,5-7,10H,3-4,8,15H2. The van der Waals surface area contributed by atoms with Crippen LogP contribution in [0.15, 0.2) is 34.9 Å². The highest BCUT2D eigenvalue weighted by molar-refractivity contribution is 9.10. The third-order valence-corrected chi connectivity index (χ3v) is 3.77. The second-order valence-electron chi connectivity index (χ2n) is 4.54. The molecule has 18 heavy (non-hydrogen) atoms. The molecule has 5 heteroatoms. The van der Waals surface area contributed by atoms with Gasteiger partial charge in [-0.05, 0) is 46.5 Å². The monoisotopic (exact) mass is 307 g/mol. The van der Waals surface area contributed by atoms with Gasteiger partial charge in [0.2, 0.25) is 0 Å². The molecule has 1 aliphatic carbocycles. The summed E-state index contributed by atoms with van der Waals surface area (Å²) >= 11 is 3.57. The van der Waals surface area contributed by atoms with Gasteiger partial charge in [0.15, 0.2) is 0 Å². The molecule has 2 N–H and O–H groups in total. The molecule has 0 aliphatic heterocycles. The van der Waals surface area contributed by atoms with Crippen LogP contribution in [0.1, 0.15) is 30.0 Å². The average molecular weight is 308 g/mol. The van der Waals surface area contributed by atoms with Gasteiger partial charge in [-0.15, -0.1) is 0 Å². The smallest absolute Gasteiger partial charge is 0.0930 e. The van der Waals surface area contributed by atoms with E-state index >= 15 is 0 Å². The van der Waals surface area contributed by atoms with E-state index in [0.717, 1.165) is 15.7 Å². The lowest BCUT2D eigenvalue weighted by molar-refractivity contribution is 0.124. The Bertz CT molecular complexity index is 546. The van der Waals surface area contributed by atoms with Gasteiger partial charge in [0, 0.05) is 5.92 Å². The summed E-state index contributed by atoms with van der Waals surface area (Å²) in [5, 5.41) is 4.44. The van der Waals surface area contributed by atoms with Crippen LogP contribution >= 0.6 is 15.9 Å². The van der Waals surface area contributed by atoms with Crippen molar-refractivity contribution >= 4 is 15.9 Å². The lowest BCUT2D eigenvalue weighted by Gasteiger charge is -2.08. The van der Waals surface area contributed by atoms with Crippen LogP contribution < -0.4 is 5.90 Å². The first-order chi connectivity index (χ1) is 8.79. The third kappa shape index (κ3) is 2.21.